The molecule has 0 radical (unpaired) electrons. The molecule has 1 N–H and O–H groups in total. The van der Waals surface area contributed by atoms with Gasteiger partial charge in [0.1, 0.15) is 35.4 Å². The highest BCUT2D eigenvalue weighted by Crippen LogP contribution is 2.42. The van der Waals surface area contributed by atoms with Gasteiger partial charge in [-0.2, -0.15) is 10.5 Å². The van der Waals surface area contributed by atoms with Gasteiger partial charge in [0, 0.05) is 49.5 Å². The lowest BCUT2D eigenvalue weighted by atomic mass is 9.97. The van der Waals surface area contributed by atoms with Crippen LogP contribution in [0.2, 0.25) is 5.02 Å². The van der Waals surface area contributed by atoms with E-state index in [0.717, 1.165) is 44.4 Å². The van der Waals surface area contributed by atoms with Gasteiger partial charge >= 0.3 is 23.9 Å². The second-order valence-corrected chi connectivity index (χ2v) is 16.0. The minimum atomic E-state index is -4.28. The number of hydrogen-bond donors (Lipinski definition) is 1. The van der Waals surface area contributed by atoms with E-state index in [1.54, 1.807) is 13.8 Å². The molecule has 0 saturated carbocycles. The predicted octanol–water partition coefficient (Wildman–Crippen LogP) is 4.48. The van der Waals surface area contributed by atoms with Crippen molar-refractivity contribution in [1.29, 1.82) is 10.5 Å². The molecule has 1 fully saturated rings. The Balaban J connectivity index is 1.76. The topological polar surface area (TPSA) is 256 Å². The molecule has 5 atom stereocenters. The monoisotopic (exact) mass is 867 g/mol. The van der Waals surface area contributed by atoms with Crippen LogP contribution < -0.4 is 10.3 Å². The summed E-state index contributed by atoms with van der Waals surface area (Å²) in [7, 11) is -4.28. The van der Waals surface area contributed by atoms with Crippen LogP contribution in [0.1, 0.15) is 50.1 Å². The smallest absolute Gasteiger partial charge is 0.303 e. The van der Waals surface area contributed by atoms with Crippen molar-refractivity contribution in [2.45, 2.75) is 81.3 Å². The number of pyridine rings is 1. The quantitative estimate of drug-likeness (QED) is 0.152. The first-order valence-corrected chi connectivity index (χ1v) is 20.0. The molecule has 0 bridgehead atoms. The Labute approximate surface area is 345 Å². The summed E-state index contributed by atoms with van der Waals surface area (Å²) in [4.78, 5) is 63.6. The second kappa shape index (κ2) is 18.2. The van der Waals surface area contributed by atoms with Gasteiger partial charge in [0.15, 0.2) is 23.7 Å². The van der Waals surface area contributed by atoms with E-state index in [-0.39, 0.29) is 38.2 Å². The van der Waals surface area contributed by atoms with Gasteiger partial charge in [0.05, 0.1) is 16.2 Å². The molecule has 21 heteroatoms. The van der Waals surface area contributed by atoms with E-state index < -0.39 is 81.5 Å². The van der Waals surface area contributed by atoms with Crippen molar-refractivity contribution >= 4 is 63.1 Å². The number of aromatic nitrogens is 2. The first-order valence-electron chi connectivity index (χ1n) is 17.3. The van der Waals surface area contributed by atoms with Crippen LogP contribution in [-0.2, 0) is 52.9 Å². The number of carbonyl (C=O) groups excluding carboxylic acids is 4. The van der Waals surface area contributed by atoms with Crippen molar-refractivity contribution in [2.75, 3.05) is 11.3 Å². The average Bonchev–Trinajstić information content (AvgIpc) is 3.47. The van der Waals surface area contributed by atoms with Crippen LogP contribution >= 0.6 is 23.4 Å². The molecule has 5 rings (SSSR count). The van der Waals surface area contributed by atoms with Gasteiger partial charge in [-0.25, -0.2) is 13.1 Å². The van der Waals surface area contributed by atoms with Crippen molar-refractivity contribution in [3.8, 4) is 29.0 Å². The number of hydrogen-bond acceptors (Lipinski definition) is 17. The van der Waals surface area contributed by atoms with Crippen LogP contribution in [0, 0.1) is 36.5 Å². The normalized spacial score (nSPS) is 18.8. The van der Waals surface area contributed by atoms with Crippen LogP contribution in [0.25, 0.3) is 16.8 Å². The maximum absolute atomic E-state index is 14.6. The molecule has 0 aliphatic carbocycles. The van der Waals surface area contributed by atoms with Crippen molar-refractivity contribution in [3.05, 3.63) is 86.3 Å². The zero-order valence-electron chi connectivity index (χ0n) is 32.0. The first kappa shape index (κ1) is 43.9. The lowest BCUT2D eigenvalue weighted by Gasteiger charge is -2.44. The number of nitrogens with zero attached hydrogens (tertiary/aromatic N) is 4. The van der Waals surface area contributed by atoms with Crippen LogP contribution in [-0.4, -0.2) is 78.5 Å². The van der Waals surface area contributed by atoms with E-state index in [9.17, 15) is 42.9 Å². The molecule has 59 heavy (non-hydrogen) atoms. The molecule has 0 amide bonds. The van der Waals surface area contributed by atoms with Crippen molar-refractivity contribution in [1.82, 2.24) is 9.72 Å². The highest BCUT2D eigenvalue weighted by atomic mass is 35.5. The molecule has 18 nitrogen and oxygen atoms in total. The van der Waals surface area contributed by atoms with Crippen LogP contribution in [0.15, 0.2) is 67.8 Å². The van der Waals surface area contributed by atoms with Gasteiger partial charge in [-0.1, -0.05) is 40.7 Å². The molecule has 0 spiro atoms. The SMILES string of the molecule is CC(=O)OC[C@H]1O[C@@H](Sc2c(C#N)c(-c3ccc(Cl)cc3)c(C#N)c(=O)n2-c2ccc(S(=O)(=O)Nc3onc(C)c3C)cc2)[C@H](OC(C)=O)[C@@H](OC(C)=O)[C@@H]1OC(C)=O. The summed E-state index contributed by atoms with van der Waals surface area (Å²) < 4.78 is 63.2. The van der Waals surface area contributed by atoms with E-state index >= 15 is 0 Å². The number of esters is 4. The number of halogens is 1. The summed E-state index contributed by atoms with van der Waals surface area (Å²) >= 11 is 6.76. The average molecular weight is 868 g/mol. The van der Waals surface area contributed by atoms with E-state index in [4.69, 9.17) is 39.8 Å². The molecule has 1 aliphatic heterocycles. The summed E-state index contributed by atoms with van der Waals surface area (Å²) in [6, 6.07) is 14.7. The molecule has 308 valence electrons. The van der Waals surface area contributed by atoms with Gasteiger partial charge in [0.2, 0.25) is 5.88 Å². The number of benzene rings is 2. The summed E-state index contributed by atoms with van der Waals surface area (Å²) in [5.74, 6) is -3.51. The minimum absolute atomic E-state index is 0.0376. The van der Waals surface area contributed by atoms with Crippen molar-refractivity contribution in [3.63, 3.8) is 0 Å². The van der Waals surface area contributed by atoms with Crippen molar-refractivity contribution < 1.29 is 55.8 Å². The number of nitriles is 2. The summed E-state index contributed by atoms with van der Waals surface area (Å²) in [6.07, 6.45) is -6.11. The second-order valence-electron chi connectivity index (χ2n) is 12.8. The first-order chi connectivity index (χ1) is 27.9. The van der Waals surface area contributed by atoms with E-state index in [1.165, 1.54) is 36.4 Å². The number of anilines is 1. The summed E-state index contributed by atoms with van der Waals surface area (Å²) in [5, 5.41) is 25.1. The van der Waals surface area contributed by atoms with Gasteiger partial charge in [-0.05, 0) is 55.8 Å². The lowest BCUT2D eigenvalue weighted by molar-refractivity contribution is -0.237. The molecule has 4 aromatic rings. The Morgan fingerprint density at radius 2 is 1.44 bits per heavy atom. The maximum atomic E-state index is 14.6. The Hall–Kier alpha value is -6.19. The highest BCUT2D eigenvalue weighted by Gasteiger charge is 2.53. The molecular formula is C38H34ClN5O13S2. The zero-order valence-corrected chi connectivity index (χ0v) is 34.4. The molecule has 0 unspecified atom stereocenters. The fraction of sp³-hybridized carbons (Fsp3) is 0.316. The van der Waals surface area contributed by atoms with Gasteiger partial charge < -0.3 is 28.2 Å². The van der Waals surface area contributed by atoms with Gasteiger partial charge in [0.25, 0.3) is 15.6 Å². The van der Waals surface area contributed by atoms with Crippen LogP contribution in [0.4, 0.5) is 5.88 Å². The molecular weight excluding hydrogens is 834 g/mol. The molecule has 1 aliphatic rings. The number of nitrogens with one attached hydrogen (secondary N) is 1. The lowest BCUT2D eigenvalue weighted by Crippen LogP contribution is -2.61. The third-order valence-electron chi connectivity index (χ3n) is 8.66. The van der Waals surface area contributed by atoms with E-state index in [2.05, 4.69) is 15.9 Å². The minimum Gasteiger partial charge on any atom is -0.463 e. The Morgan fingerprint density at radius 1 is 0.864 bits per heavy atom. The van der Waals surface area contributed by atoms with E-state index in [0.29, 0.717) is 28.0 Å². The van der Waals surface area contributed by atoms with Crippen molar-refractivity contribution in [2.24, 2.45) is 0 Å². The predicted molar refractivity (Wildman–Crippen MR) is 207 cm³/mol. The molecule has 2 aromatic heterocycles. The number of rotatable bonds is 12. The third-order valence-corrected chi connectivity index (χ3v) is 11.5. The van der Waals surface area contributed by atoms with Gasteiger partial charge in [-0.15, -0.1) is 0 Å². The number of sulfonamides is 1. The largest absolute Gasteiger partial charge is 0.463 e. The molecule has 3 heterocycles. The van der Waals surface area contributed by atoms with Crippen LogP contribution in [0.3, 0.4) is 0 Å². The Morgan fingerprint density at radius 3 is 1.97 bits per heavy atom. The fourth-order valence-electron chi connectivity index (χ4n) is 5.97. The highest BCUT2D eigenvalue weighted by molar-refractivity contribution is 7.99. The van der Waals surface area contributed by atoms with Gasteiger partial charge in [-0.3, -0.25) is 28.5 Å². The van der Waals surface area contributed by atoms with Crippen LogP contribution in [0.5, 0.6) is 0 Å². The Kier molecular flexibility index (Phi) is 13.5. The number of aryl methyl sites for hydroxylation is 1. The van der Waals surface area contributed by atoms with E-state index in [1.807, 2.05) is 6.07 Å². The summed E-state index contributed by atoms with van der Waals surface area (Å²) in [5.41, 5.74) is -2.24. The zero-order chi connectivity index (χ0) is 43.3. The maximum Gasteiger partial charge on any atom is 0.303 e. The summed E-state index contributed by atoms with van der Waals surface area (Å²) in [6.45, 7) is 6.94. The molecule has 1 saturated heterocycles. The standard InChI is InChI=1S/C38H34ClN5O13S2/c1-18-19(2)42-57-35(18)43-59(50,51)27-13-11-26(12-14-27)44-36(49)28(15-40)31(24-7-9-25(39)10-8-24)29(16-41)37(44)58-38-34(55-23(6)48)33(54-22(5)47)32(53-21(4)46)30(56-38)17-52-20(3)45/h7-14,30,32-34,38,43H,17H2,1-6H3/t30-,32-,33+,34-,38+/m1/s1. The molecule has 2 aromatic carbocycles. The number of thioether (sulfide) groups is 1. The fourth-order valence-corrected chi connectivity index (χ4v) is 8.47. The number of carbonyl (C=O) groups is 4. The number of ether oxygens (including phenoxy) is 5. The third kappa shape index (κ3) is 9.75. The Bertz CT molecular complexity index is 2560.